The maximum atomic E-state index is 9.21. The molecule has 0 radical (unpaired) electrons. The third-order valence-corrected chi connectivity index (χ3v) is 0.771. The van der Waals surface area contributed by atoms with Gasteiger partial charge >= 0.3 is 65.7 Å². The van der Waals surface area contributed by atoms with Gasteiger partial charge in [-0.1, -0.05) is 0 Å². The Morgan fingerprint density at radius 2 is 1.57 bits per heavy atom. The van der Waals surface area contributed by atoms with Gasteiger partial charge in [-0.25, -0.2) is 0 Å². The summed E-state index contributed by atoms with van der Waals surface area (Å²) >= 11 is -5.66. The van der Waals surface area contributed by atoms with Crippen LogP contribution in [0.25, 0.3) is 0 Å². The van der Waals surface area contributed by atoms with Gasteiger partial charge in [-0.2, -0.15) is 0 Å². The van der Waals surface area contributed by atoms with Crippen LogP contribution in [0.1, 0.15) is 0 Å². The van der Waals surface area contributed by atoms with Gasteiger partial charge in [0.15, 0.2) is 0 Å². The van der Waals surface area contributed by atoms with Crippen LogP contribution >= 0.6 is 0 Å². The zero-order valence-electron chi connectivity index (χ0n) is 2.53. The van der Waals surface area contributed by atoms with Crippen LogP contribution in [-0.4, -0.2) is 38.6 Å². The summed E-state index contributed by atoms with van der Waals surface area (Å²) in [7, 11) is 0. The van der Waals surface area contributed by atoms with Crippen molar-refractivity contribution in [1.82, 2.24) is 0 Å². The fourth-order valence-corrected chi connectivity index (χ4v) is 0. The molecule has 0 rings (SSSR count). The van der Waals surface area contributed by atoms with E-state index in [1.54, 1.807) is 0 Å². The fraction of sp³-hybridized carbons (Fsp3) is 0. The summed E-state index contributed by atoms with van der Waals surface area (Å²) in [5.41, 5.74) is 0. The maximum absolute atomic E-state index is 9.21. The molecule has 0 atom stereocenters. The van der Waals surface area contributed by atoms with E-state index in [1.807, 2.05) is 0 Å². The minimum absolute atomic E-state index is 0. The molecule has 0 saturated carbocycles. The first kappa shape index (κ1) is 11.0. The van der Waals surface area contributed by atoms with Gasteiger partial charge in [0, 0.05) is 0 Å². The van der Waals surface area contributed by atoms with E-state index in [9.17, 15) is 6.80 Å². The zero-order chi connectivity index (χ0) is 5.21. The van der Waals surface area contributed by atoms with E-state index in [1.165, 1.54) is 0 Å². The summed E-state index contributed by atoms with van der Waals surface area (Å²) in [6, 6.07) is 0. The molecule has 0 fully saturated rings. The number of hydrogen-bond donors (Lipinski definition) is 2. The molecule has 0 aromatic carbocycles. The average Bonchev–Trinajstić information content (AvgIpc) is 1.35. The summed E-state index contributed by atoms with van der Waals surface area (Å²) < 4.78 is 28.5. The van der Waals surface area contributed by atoms with Gasteiger partial charge in [-0.15, -0.1) is 0 Å². The number of rotatable bonds is 1. The molecule has 0 amide bonds. The summed E-state index contributed by atoms with van der Waals surface area (Å²) in [4.78, 5) is 0. The predicted octanol–water partition coefficient (Wildman–Crippen LogP) is -1.51. The van der Waals surface area contributed by atoms with E-state index in [0.717, 1.165) is 0 Å². The first-order chi connectivity index (χ1) is 2.56. The molecule has 7 heavy (non-hydrogen) atoms. The van der Waals surface area contributed by atoms with Crippen LogP contribution in [0.15, 0.2) is 0 Å². The Labute approximate surface area is 65.2 Å². The van der Waals surface area contributed by atoms with Gasteiger partial charge in [0.2, 0.25) is 0 Å². The van der Waals surface area contributed by atoms with Crippen molar-refractivity contribution in [3.63, 3.8) is 0 Å². The molecule has 5 nitrogen and oxygen atoms in total. The van der Waals surface area contributed by atoms with Crippen molar-refractivity contribution in [2.75, 3.05) is 0 Å². The normalized spacial score (nSPS) is 10.0. The first-order valence-corrected chi connectivity index (χ1v) is 5.77. The predicted molar refractivity (Wildman–Crippen MR) is 14.5 cm³/mol. The van der Waals surface area contributed by atoms with E-state index < -0.39 is 16.7 Å². The van der Waals surface area contributed by atoms with Crippen LogP contribution in [0, 0.1) is 0 Å². The first-order valence-electron chi connectivity index (χ1n) is 0.865. The van der Waals surface area contributed by atoms with E-state index in [-0.39, 0.29) is 29.6 Å². The topological polar surface area (TPSA) is 83.8 Å². The molecule has 0 aliphatic rings. The summed E-state index contributed by atoms with van der Waals surface area (Å²) in [6.45, 7) is 0. The number of hydrogen-bond acceptors (Lipinski definition) is 4. The van der Waals surface area contributed by atoms with E-state index >= 15 is 0 Å². The van der Waals surface area contributed by atoms with E-state index in [2.05, 4.69) is 3.54 Å². The van der Waals surface area contributed by atoms with Gasteiger partial charge in [-0.3, -0.25) is 0 Å². The Morgan fingerprint density at radius 1 is 1.43 bits per heavy atom. The Kier molecular flexibility index (Phi) is 6.44. The molecule has 0 heterocycles. The van der Waals surface area contributed by atoms with E-state index in [0.29, 0.717) is 0 Å². The van der Waals surface area contributed by atoms with Crippen molar-refractivity contribution in [2.24, 2.45) is 0 Å². The summed E-state index contributed by atoms with van der Waals surface area (Å²) in [5, 5.41) is 7.12. The molecular formula is H3NaO5W. The monoisotopic (exact) mass is 290 g/mol. The molecule has 0 saturated heterocycles. The third-order valence-electron chi connectivity index (χ3n) is 0.0942. The van der Waals surface area contributed by atoms with Crippen LogP contribution in [0.5, 0.6) is 0 Å². The summed E-state index contributed by atoms with van der Waals surface area (Å²) in [6.07, 6.45) is 0. The molecule has 2 N–H and O–H groups in total. The molecule has 0 aliphatic carbocycles. The van der Waals surface area contributed by atoms with Crippen molar-refractivity contribution in [3.05, 3.63) is 0 Å². The molecule has 0 bridgehead atoms. The molecule has 0 unspecified atom stereocenters. The van der Waals surface area contributed by atoms with Gasteiger partial charge in [0.25, 0.3) is 0 Å². The zero-order valence-corrected chi connectivity index (χ0v) is 5.46. The van der Waals surface area contributed by atoms with Gasteiger partial charge in [-0.05, 0) is 0 Å². The van der Waals surface area contributed by atoms with Crippen molar-refractivity contribution in [3.8, 4) is 0 Å². The van der Waals surface area contributed by atoms with Crippen molar-refractivity contribution >= 4 is 29.6 Å². The Bertz CT molecular complexity index is 110. The second-order valence-electron chi connectivity index (χ2n) is 0.502. The second kappa shape index (κ2) is 4.09. The standard InChI is InChI=1S/Na.H2O2.H2O.2O.W.H/c;1-2;;;;;/h;1-2H;1H2;;;;/q;;;;;+2;/p-2. The Morgan fingerprint density at radius 3 is 1.57 bits per heavy atom. The molecule has 0 spiro atoms. The van der Waals surface area contributed by atoms with E-state index in [4.69, 9.17) is 9.02 Å². The molecule has 0 aromatic heterocycles. The molecule has 0 aromatic rings. The van der Waals surface area contributed by atoms with Crippen LogP contribution in [0.2, 0.25) is 0 Å². The van der Waals surface area contributed by atoms with Crippen LogP contribution < -0.4 is 0 Å². The van der Waals surface area contributed by atoms with Gasteiger partial charge < -0.3 is 0 Å². The molecular weight excluding hydrogens is 287 g/mol. The SMILES string of the molecule is [NaH].[O]=[W](=[O])([OH])[O]O. The van der Waals surface area contributed by atoms with Gasteiger partial charge in [0.1, 0.15) is 0 Å². The van der Waals surface area contributed by atoms with Crippen molar-refractivity contribution in [2.45, 2.75) is 0 Å². The third kappa shape index (κ3) is 11.0. The van der Waals surface area contributed by atoms with Crippen LogP contribution in [-0.2, 0) is 27.1 Å². The molecule has 7 heteroatoms. The Hall–Kier alpha value is 1.17. The van der Waals surface area contributed by atoms with Crippen LogP contribution in [0.3, 0.4) is 0 Å². The Balaban J connectivity index is 0. The van der Waals surface area contributed by atoms with Crippen LogP contribution in [0.4, 0.5) is 0 Å². The molecule has 0 aliphatic heterocycles. The van der Waals surface area contributed by atoms with Crippen molar-refractivity contribution in [1.29, 1.82) is 0 Å². The molecule has 40 valence electrons. The quantitative estimate of drug-likeness (QED) is 0.349. The fourth-order valence-electron chi connectivity index (χ4n) is 0. The van der Waals surface area contributed by atoms with Crippen molar-refractivity contribution < 1.29 is 36.1 Å². The second-order valence-corrected chi connectivity index (χ2v) is 4.11. The summed E-state index contributed by atoms with van der Waals surface area (Å²) in [5.74, 6) is 0. The van der Waals surface area contributed by atoms with Gasteiger partial charge in [0.05, 0.1) is 0 Å². The average molecular weight is 290 g/mol. The minimum atomic E-state index is -5.66.